The fourth-order valence-electron chi connectivity index (χ4n) is 3.84. The van der Waals surface area contributed by atoms with Crippen LogP contribution in [-0.2, 0) is 11.3 Å². The molecule has 1 heterocycles. The van der Waals surface area contributed by atoms with E-state index in [0.717, 1.165) is 55.5 Å². The van der Waals surface area contributed by atoms with Crippen molar-refractivity contribution in [2.24, 2.45) is 0 Å². The SMILES string of the molecule is COc1ccc(CN2CCN(CC(=O)N[C@@H](C)c3cc(OC)ccc3OC)CC2)cc1. The van der Waals surface area contributed by atoms with Crippen molar-refractivity contribution in [2.75, 3.05) is 54.1 Å². The largest absolute Gasteiger partial charge is 0.497 e. The molecule has 31 heavy (non-hydrogen) atoms. The molecule has 7 heteroatoms. The molecule has 0 bridgehead atoms. The molecule has 2 aromatic carbocycles. The van der Waals surface area contributed by atoms with Gasteiger partial charge in [-0.3, -0.25) is 14.6 Å². The van der Waals surface area contributed by atoms with Gasteiger partial charge in [0.25, 0.3) is 0 Å². The van der Waals surface area contributed by atoms with Crippen LogP contribution in [0.3, 0.4) is 0 Å². The van der Waals surface area contributed by atoms with Gasteiger partial charge in [0, 0.05) is 38.3 Å². The molecule has 3 rings (SSSR count). The van der Waals surface area contributed by atoms with Crippen molar-refractivity contribution in [1.29, 1.82) is 0 Å². The summed E-state index contributed by atoms with van der Waals surface area (Å²) in [6.07, 6.45) is 0. The van der Waals surface area contributed by atoms with Gasteiger partial charge in [0.15, 0.2) is 0 Å². The Balaban J connectivity index is 1.46. The van der Waals surface area contributed by atoms with Crippen LogP contribution >= 0.6 is 0 Å². The van der Waals surface area contributed by atoms with E-state index in [1.807, 2.05) is 37.3 Å². The minimum absolute atomic E-state index is 0.0148. The molecule has 1 saturated heterocycles. The first-order valence-electron chi connectivity index (χ1n) is 10.6. The first-order chi connectivity index (χ1) is 15.0. The standard InChI is InChI=1S/C24H33N3O4/c1-18(22-15-21(30-3)9-10-23(22)31-4)25-24(28)17-27-13-11-26(12-14-27)16-19-5-7-20(29-2)8-6-19/h5-10,15,18H,11-14,16-17H2,1-4H3,(H,25,28)/t18-/m0/s1. The summed E-state index contributed by atoms with van der Waals surface area (Å²) in [4.78, 5) is 17.3. The molecule has 0 saturated carbocycles. The van der Waals surface area contributed by atoms with Crippen LogP contribution in [0, 0.1) is 0 Å². The zero-order valence-corrected chi connectivity index (χ0v) is 18.9. The van der Waals surface area contributed by atoms with Crippen molar-refractivity contribution in [2.45, 2.75) is 19.5 Å². The molecule has 0 spiro atoms. The Kier molecular flexibility index (Phi) is 8.14. The van der Waals surface area contributed by atoms with Crippen LogP contribution in [0.2, 0.25) is 0 Å². The first kappa shape index (κ1) is 22.9. The zero-order valence-electron chi connectivity index (χ0n) is 18.9. The second kappa shape index (κ2) is 11.0. The Labute approximate surface area is 184 Å². The lowest BCUT2D eigenvalue weighted by Gasteiger charge is -2.34. The minimum atomic E-state index is -0.172. The Bertz CT molecular complexity index is 848. The monoisotopic (exact) mass is 427 g/mol. The van der Waals surface area contributed by atoms with E-state index in [2.05, 4.69) is 27.2 Å². The van der Waals surface area contributed by atoms with Gasteiger partial charge in [0.2, 0.25) is 5.91 Å². The van der Waals surface area contributed by atoms with E-state index in [9.17, 15) is 4.79 Å². The van der Waals surface area contributed by atoms with Crippen molar-refractivity contribution < 1.29 is 19.0 Å². The van der Waals surface area contributed by atoms with E-state index in [4.69, 9.17) is 14.2 Å². The number of hydrogen-bond acceptors (Lipinski definition) is 6. The first-order valence-corrected chi connectivity index (χ1v) is 10.6. The summed E-state index contributed by atoms with van der Waals surface area (Å²) in [5.74, 6) is 2.37. The van der Waals surface area contributed by atoms with Crippen LogP contribution in [0.1, 0.15) is 24.1 Å². The highest BCUT2D eigenvalue weighted by Crippen LogP contribution is 2.29. The van der Waals surface area contributed by atoms with Crippen LogP contribution in [-0.4, -0.2) is 69.8 Å². The number of ether oxygens (including phenoxy) is 3. The molecule has 0 aliphatic carbocycles. The minimum Gasteiger partial charge on any atom is -0.497 e. The van der Waals surface area contributed by atoms with E-state index < -0.39 is 0 Å². The molecular formula is C24H33N3O4. The summed E-state index contributed by atoms with van der Waals surface area (Å²) in [7, 11) is 4.94. The van der Waals surface area contributed by atoms with Gasteiger partial charge in [-0.15, -0.1) is 0 Å². The van der Waals surface area contributed by atoms with E-state index in [-0.39, 0.29) is 11.9 Å². The Hall–Kier alpha value is -2.77. The topological polar surface area (TPSA) is 63.3 Å². The lowest BCUT2D eigenvalue weighted by atomic mass is 10.1. The Morgan fingerprint density at radius 1 is 0.903 bits per heavy atom. The Morgan fingerprint density at radius 3 is 2.13 bits per heavy atom. The van der Waals surface area contributed by atoms with Gasteiger partial charge < -0.3 is 19.5 Å². The number of methoxy groups -OCH3 is 3. The maximum Gasteiger partial charge on any atom is 0.234 e. The molecule has 0 radical (unpaired) electrons. The molecule has 0 unspecified atom stereocenters. The van der Waals surface area contributed by atoms with Gasteiger partial charge in [0.05, 0.1) is 33.9 Å². The number of nitrogens with zero attached hydrogens (tertiary/aromatic N) is 2. The molecule has 168 valence electrons. The molecule has 1 amide bonds. The molecule has 7 nitrogen and oxygen atoms in total. The third kappa shape index (κ3) is 6.35. The molecule has 1 atom stereocenters. The van der Waals surface area contributed by atoms with E-state index in [0.29, 0.717) is 6.54 Å². The number of piperazine rings is 1. The van der Waals surface area contributed by atoms with Crippen LogP contribution in [0.15, 0.2) is 42.5 Å². The highest BCUT2D eigenvalue weighted by Gasteiger charge is 2.21. The van der Waals surface area contributed by atoms with Crippen LogP contribution in [0.25, 0.3) is 0 Å². The van der Waals surface area contributed by atoms with Gasteiger partial charge in [-0.25, -0.2) is 0 Å². The number of nitrogens with one attached hydrogen (secondary N) is 1. The highest BCUT2D eigenvalue weighted by molar-refractivity contribution is 5.78. The quantitative estimate of drug-likeness (QED) is 0.664. The third-order valence-electron chi connectivity index (χ3n) is 5.68. The summed E-state index contributed by atoms with van der Waals surface area (Å²) >= 11 is 0. The molecular weight excluding hydrogens is 394 g/mol. The average molecular weight is 428 g/mol. The van der Waals surface area contributed by atoms with Crippen molar-refractivity contribution >= 4 is 5.91 Å². The number of carbonyl (C=O) groups excluding carboxylic acids is 1. The lowest BCUT2D eigenvalue weighted by molar-refractivity contribution is -0.123. The van der Waals surface area contributed by atoms with Crippen LogP contribution in [0.5, 0.6) is 17.2 Å². The average Bonchev–Trinajstić information content (AvgIpc) is 2.80. The van der Waals surface area contributed by atoms with Gasteiger partial charge in [0.1, 0.15) is 17.2 Å². The second-order valence-electron chi connectivity index (χ2n) is 7.80. The van der Waals surface area contributed by atoms with E-state index >= 15 is 0 Å². The summed E-state index contributed by atoms with van der Waals surface area (Å²) in [6.45, 7) is 6.91. The number of hydrogen-bond donors (Lipinski definition) is 1. The van der Waals surface area contributed by atoms with Crippen molar-refractivity contribution in [1.82, 2.24) is 15.1 Å². The molecule has 1 N–H and O–H groups in total. The highest BCUT2D eigenvalue weighted by atomic mass is 16.5. The molecule has 2 aromatic rings. The predicted octanol–water partition coefficient (Wildman–Crippen LogP) is 2.71. The van der Waals surface area contributed by atoms with Gasteiger partial charge in [-0.1, -0.05) is 12.1 Å². The van der Waals surface area contributed by atoms with Gasteiger partial charge in [-0.05, 0) is 42.8 Å². The fraction of sp³-hybridized carbons (Fsp3) is 0.458. The number of rotatable bonds is 9. The van der Waals surface area contributed by atoms with Crippen molar-refractivity contribution in [3.63, 3.8) is 0 Å². The zero-order chi connectivity index (χ0) is 22.2. The van der Waals surface area contributed by atoms with Crippen LogP contribution in [0.4, 0.5) is 0 Å². The smallest absolute Gasteiger partial charge is 0.234 e. The summed E-state index contributed by atoms with van der Waals surface area (Å²) in [5, 5.41) is 3.09. The lowest BCUT2D eigenvalue weighted by Crippen LogP contribution is -2.49. The maximum atomic E-state index is 12.6. The van der Waals surface area contributed by atoms with Crippen molar-refractivity contribution in [3.05, 3.63) is 53.6 Å². The van der Waals surface area contributed by atoms with Crippen LogP contribution < -0.4 is 19.5 Å². The third-order valence-corrected chi connectivity index (χ3v) is 5.68. The summed E-state index contributed by atoms with van der Waals surface area (Å²) in [5.41, 5.74) is 2.17. The molecule has 1 aliphatic heterocycles. The van der Waals surface area contributed by atoms with Gasteiger partial charge >= 0.3 is 0 Å². The predicted molar refractivity (Wildman–Crippen MR) is 121 cm³/mol. The fourth-order valence-corrected chi connectivity index (χ4v) is 3.84. The molecule has 0 aromatic heterocycles. The summed E-state index contributed by atoms with van der Waals surface area (Å²) < 4.78 is 16.0. The van der Waals surface area contributed by atoms with E-state index in [1.165, 1.54) is 5.56 Å². The number of benzene rings is 2. The molecule has 1 aliphatic rings. The van der Waals surface area contributed by atoms with Gasteiger partial charge in [-0.2, -0.15) is 0 Å². The molecule has 1 fully saturated rings. The summed E-state index contributed by atoms with van der Waals surface area (Å²) in [6, 6.07) is 13.6. The normalized spacial score (nSPS) is 15.9. The number of amides is 1. The Morgan fingerprint density at radius 2 is 1.52 bits per heavy atom. The maximum absolute atomic E-state index is 12.6. The second-order valence-corrected chi connectivity index (χ2v) is 7.80. The van der Waals surface area contributed by atoms with Crippen molar-refractivity contribution in [3.8, 4) is 17.2 Å². The number of carbonyl (C=O) groups is 1. The van der Waals surface area contributed by atoms with E-state index in [1.54, 1.807) is 21.3 Å².